The molecule has 2 heterocycles. The Balaban J connectivity index is 1.46. The van der Waals surface area contributed by atoms with Crippen LogP contribution in [0.4, 0.5) is 0 Å². The number of piperidine rings is 1. The van der Waals surface area contributed by atoms with Crippen molar-refractivity contribution in [3.8, 4) is 5.75 Å². The highest BCUT2D eigenvalue weighted by Gasteiger charge is 2.25. The lowest BCUT2D eigenvalue weighted by Crippen LogP contribution is -2.38. The van der Waals surface area contributed by atoms with Crippen molar-refractivity contribution in [2.75, 3.05) is 52.5 Å². The summed E-state index contributed by atoms with van der Waals surface area (Å²) in [6, 6.07) is 8.15. The van der Waals surface area contributed by atoms with Crippen LogP contribution in [0.15, 0.2) is 24.3 Å². The van der Waals surface area contributed by atoms with Crippen molar-refractivity contribution < 1.29 is 19.4 Å². The van der Waals surface area contributed by atoms with Gasteiger partial charge in [0.25, 0.3) is 0 Å². The van der Waals surface area contributed by atoms with Gasteiger partial charge in [-0.1, -0.05) is 12.1 Å². The number of benzene rings is 1. The highest BCUT2D eigenvalue weighted by Crippen LogP contribution is 2.20. The number of carboxylic acids is 1. The summed E-state index contributed by atoms with van der Waals surface area (Å²) in [5.41, 5.74) is 1.18. The molecule has 0 spiro atoms. The molecule has 0 aromatic heterocycles. The second-order valence-corrected chi connectivity index (χ2v) is 6.86. The van der Waals surface area contributed by atoms with Gasteiger partial charge < -0.3 is 14.6 Å². The molecular formula is C19H28N2O4. The quantitative estimate of drug-likeness (QED) is 0.809. The van der Waals surface area contributed by atoms with Gasteiger partial charge in [0.1, 0.15) is 12.4 Å². The van der Waals surface area contributed by atoms with Gasteiger partial charge in [0.15, 0.2) is 0 Å². The monoisotopic (exact) mass is 348 g/mol. The maximum absolute atomic E-state index is 11.2. The number of hydrogen-bond donors (Lipinski definition) is 1. The fourth-order valence-electron chi connectivity index (χ4n) is 3.51. The zero-order valence-electron chi connectivity index (χ0n) is 14.7. The summed E-state index contributed by atoms with van der Waals surface area (Å²) >= 11 is 0. The van der Waals surface area contributed by atoms with E-state index in [0.717, 1.165) is 64.5 Å². The van der Waals surface area contributed by atoms with Crippen LogP contribution in [0.1, 0.15) is 18.4 Å². The molecule has 6 heteroatoms. The summed E-state index contributed by atoms with van der Waals surface area (Å²) < 4.78 is 11.3. The van der Waals surface area contributed by atoms with Gasteiger partial charge in [-0.15, -0.1) is 0 Å². The van der Waals surface area contributed by atoms with E-state index in [-0.39, 0.29) is 5.92 Å². The Morgan fingerprint density at radius 1 is 1.24 bits per heavy atom. The molecule has 0 aliphatic carbocycles. The summed E-state index contributed by atoms with van der Waals surface area (Å²) in [5.74, 6) is -0.0239. The van der Waals surface area contributed by atoms with E-state index < -0.39 is 5.97 Å². The third-order valence-electron chi connectivity index (χ3n) is 4.94. The van der Waals surface area contributed by atoms with Gasteiger partial charge in [0.05, 0.1) is 19.1 Å². The molecule has 6 nitrogen and oxygen atoms in total. The van der Waals surface area contributed by atoms with Crippen molar-refractivity contribution in [1.82, 2.24) is 9.80 Å². The fourth-order valence-corrected chi connectivity index (χ4v) is 3.51. The standard InChI is InChI=1S/C19H28N2O4/c22-19(23)17-4-2-6-21(15-17)14-16-3-1-5-18(13-16)25-12-9-20-7-10-24-11-8-20/h1,3,5,13,17H,2,4,6-12,14-15H2,(H,22,23). The molecule has 25 heavy (non-hydrogen) atoms. The summed E-state index contributed by atoms with van der Waals surface area (Å²) in [7, 11) is 0. The average Bonchev–Trinajstić information content (AvgIpc) is 2.63. The van der Waals surface area contributed by atoms with E-state index in [2.05, 4.69) is 21.9 Å². The molecule has 3 rings (SSSR count). The lowest BCUT2D eigenvalue weighted by Gasteiger charge is -2.30. The normalized spacial score (nSPS) is 22.6. The van der Waals surface area contributed by atoms with Gasteiger partial charge in [-0.3, -0.25) is 14.6 Å². The van der Waals surface area contributed by atoms with Crippen LogP contribution in [0.3, 0.4) is 0 Å². The number of carboxylic acid groups (broad SMARTS) is 1. The average molecular weight is 348 g/mol. The third-order valence-corrected chi connectivity index (χ3v) is 4.94. The Kier molecular flexibility index (Phi) is 6.67. The molecule has 1 aromatic rings. The maximum Gasteiger partial charge on any atom is 0.307 e. The highest BCUT2D eigenvalue weighted by atomic mass is 16.5. The molecule has 1 atom stereocenters. The van der Waals surface area contributed by atoms with E-state index in [1.54, 1.807) is 0 Å². The van der Waals surface area contributed by atoms with Crippen LogP contribution < -0.4 is 4.74 Å². The van der Waals surface area contributed by atoms with Gasteiger partial charge in [-0.2, -0.15) is 0 Å². The van der Waals surface area contributed by atoms with Gasteiger partial charge in [0, 0.05) is 32.7 Å². The van der Waals surface area contributed by atoms with E-state index in [0.29, 0.717) is 13.2 Å². The van der Waals surface area contributed by atoms with E-state index in [9.17, 15) is 9.90 Å². The first kappa shape index (κ1) is 18.2. The van der Waals surface area contributed by atoms with Crippen molar-refractivity contribution in [3.63, 3.8) is 0 Å². The van der Waals surface area contributed by atoms with Gasteiger partial charge in [-0.25, -0.2) is 0 Å². The van der Waals surface area contributed by atoms with Crippen LogP contribution in [0.2, 0.25) is 0 Å². The number of hydrogen-bond acceptors (Lipinski definition) is 5. The second-order valence-electron chi connectivity index (χ2n) is 6.86. The van der Waals surface area contributed by atoms with E-state index in [4.69, 9.17) is 9.47 Å². The Morgan fingerprint density at radius 3 is 2.88 bits per heavy atom. The van der Waals surface area contributed by atoms with Gasteiger partial charge in [-0.05, 0) is 37.1 Å². The smallest absolute Gasteiger partial charge is 0.307 e. The lowest BCUT2D eigenvalue weighted by molar-refractivity contribution is -0.143. The number of carbonyl (C=O) groups is 1. The highest BCUT2D eigenvalue weighted by molar-refractivity contribution is 5.70. The van der Waals surface area contributed by atoms with Crippen molar-refractivity contribution in [3.05, 3.63) is 29.8 Å². The molecule has 1 unspecified atom stereocenters. The molecule has 2 aliphatic rings. The fraction of sp³-hybridized carbons (Fsp3) is 0.632. The summed E-state index contributed by atoms with van der Waals surface area (Å²) in [5, 5.41) is 9.21. The predicted molar refractivity (Wildman–Crippen MR) is 94.8 cm³/mol. The minimum atomic E-state index is -0.676. The Bertz CT molecular complexity index is 560. The van der Waals surface area contributed by atoms with Crippen LogP contribution in [-0.2, 0) is 16.1 Å². The van der Waals surface area contributed by atoms with Crippen molar-refractivity contribution in [2.45, 2.75) is 19.4 Å². The number of ether oxygens (including phenoxy) is 2. The molecule has 2 saturated heterocycles. The zero-order valence-corrected chi connectivity index (χ0v) is 14.7. The van der Waals surface area contributed by atoms with Crippen LogP contribution in [0.5, 0.6) is 5.75 Å². The van der Waals surface area contributed by atoms with Crippen molar-refractivity contribution in [2.24, 2.45) is 5.92 Å². The number of nitrogens with zero attached hydrogens (tertiary/aromatic N) is 2. The molecule has 0 amide bonds. The first-order valence-electron chi connectivity index (χ1n) is 9.18. The summed E-state index contributed by atoms with van der Waals surface area (Å²) in [6.45, 7) is 7.54. The summed E-state index contributed by atoms with van der Waals surface area (Å²) in [6.07, 6.45) is 1.74. The van der Waals surface area contributed by atoms with Crippen LogP contribution in [0, 0.1) is 5.92 Å². The molecule has 2 fully saturated rings. The topological polar surface area (TPSA) is 62.2 Å². The predicted octanol–water partition coefficient (Wildman–Crippen LogP) is 1.69. The van der Waals surface area contributed by atoms with Crippen molar-refractivity contribution >= 4 is 5.97 Å². The molecule has 0 radical (unpaired) electrons. The Labute approximate surface area is 149 Å². The van der Waals surface area contributed by atoms with Gasteiger partial charge in [0.2, 0.25) is 0 Å². The molecule has 0 saturated carbocycles. The Morgan fingerprint density at radius 2 is 2.08 bits per heavy atom. The van der Waals surface area contributed by atoms with E-state index in [1.165, 1.54) is 5.56 Å². The van der Waals surface area contributed by atoms with Crippen LogP contribution in [-0.4, -0.2) is 73.4 Å². The minimum Gasteiger partial charge on any atom is -0.492 e. The van der Waals surface area contributed by atoms with Crippen LogP contribution in [0.25, 0.3) is 0 Å². The van der Waals surface area contributed by atoms with Crippen molar-refractivity contribution in [1.29, 1.82) is 0 Å². The number of morpholine rings is 1. The van der Waals surface area contributed by atoms with E-state index >= 15 is 0 Å². The second kappa shape index (κ2) is 9.17. The lowest BCUT2D eigenvalue weighted by atomic mass is 9.98. The largest absolute Gasteiger partial charge is 0.492 e. The van der Waals surface area contributed by atoms with Gasteiger partial charge >= 0.3 is 5.97 Å². The molecular weight excluding hydrogens is 320 g/mol. The van der Waals surface area contributed by atoms with E-state index in [1.807, 2.05) is 12.1 Å². The number of rotatable bonds is 7. The summed E-state index contributed by atoms with van der Waals surface area (Å²) in [4.78, 5) is 15.8. The zero-order chi connectivity index (χ0) is 17.5. The molecule has 1 N–H and O–H groups in total. The molecule has 2 aliphatic heterocycles. The number of aliphatic carboxylic acids is 1. The minimum absolute atomic E-state index is 0.235. The maximum atomic E-state index is 11.2. The Hall–Kier alpha value is -1.63. The number of likely N-dealkylation sites (tertiary alicyclic amines) is 1. The molecule has 138 valence electrons. The first-order valence-corrected chi connectivity index (χ1v) is 9.18. The first-order chi connectivity index (χ1) is 12.2. The van der Waals surface area contributed by atoms with Crippen LogP contribution >= 0.6 is 0 Å². The SMILES string of the molecule is O=C(O)C1CCCN(Cc2cccc(OCCN3CCOCC3)c2)C1. The molecule has 0 bridgehead atoms. The third kappa shape index (κ3) is 5.70. The molecule has 1 aromatic carbocycles.